The quantitative estimate of drug-likeness (QED) is 0.280. The first kappa shape index (κ1) is 26.1. The number of primary amides is 1. The predicted octanol–water partition coefficient (Wildman–Crippen LogP) is 5.38. The molecule has 0 radical (unpaired) electrons. The Bertz CT molecular complexity index is 1720. The van der Waals surface area contributed by atoms with Crippen molar-refractivity contribution in [3.05, 3.63) is 112 Å². The highest BCUT2D eigenvalue weighted by Crippen LogP contribution is 2.32. The van der Waals surface area contributed by atoms with E-state index in [-0.39, 0.29) is 5.78 Å². The summed E-state index contributed by atoms with van der Waals surface area (Å²) < 4.78 is 3.50. The third-order valence-corrected chi connectivity index (χ3v) is 7.14. The summed E-state index contributed by atoms with van der Waals surface area (Å²) in [5.41, 5.74) is 10.4. The van der Waals surface area contributed by atoms with Crippen molar-refractivity contribution in [2.45, 2.75) is 33.1 Å². The highest BCUT2D eigenvalue weighted by atomic mass is 35.5. The van der Waals surface area contributed by atoms with Crippen LogP contribution < -0.4 is 5.73 Å². The molecule has 3 aromatic carbocycles. The number of nitrogens with two attached hydrogens (primary N) is 1. The first-order valence-electron chi connectivity index (χ1n) is 12.4. The van der Waals surface area contributed by atoms with Crippen LogP contribution in [0, 0.1) is 13.8 Å². The van der Waals surface area contributed by atoms with Gasteiger partial charge in [-0.3, -0.25) is 9.59 Å². The number of hydrogen-bond donors (Lipinski definition) is 1. The van der Waals surface area contributed by atoms with Crippen LogP contribution in [0.25, 0.3) is 22.5 Å². The van der Waals surface area contributed by atoms with Crippen LogP contribution in [0.1, 0.15) is 47.0 Å². The Morgan fingerprint density at radius 3 is 2.31 bits per heavy atom. The van der Waals surface area contributed by atoms with Gasteiger partial charge in [-0.2, -0.15) is 0 Å². The fraction of sp³-hybridized carbons (Fsp3) is 0.167. The van der Waals surface area contributed by atoms with Crippen molar-refractivity contribution in [2.24, 2.45) is 5.73 Å². The second-order valence-corrected chi connectivity index (χ2v) is 10.4. The zero-order valence-electron chi connectivity index (χ0n) is 22.0. The van der Waals surface area contributed by atoms with Crippen molar-refractivity contribution in [3.63, 3.8) is 0 Å². The van der Waals surface area contributed by atoms with Gasteiger partial charge < -0.3 is 10.3 Å². The van der Waals surface area contributed by atoms with E-state index in [9.17, 15) is 9.59 Å². The normalized spacial score (nSPS) is 11.5. The van der Waals surface area contributed by atoms with E-state index in [0.29, 0.717) is 22.0 Å². The van der Waals surface area contributed by atoms with Crippen LogP contribution >= 0.6 is 11.6 Å². The average molecular weight is 539 g/mol. The lowest BCUT2D eigenvalue weighted by Gasteiger charge is -2.22. The molecule has 0 bridgehead atoms. The van der Waals surface area contributed by atoms with Gasteiger partial charge in [-0.25, -0.2) is 9.67 Å². The van der Waals surface area contributed by atoms with E-state index in [1.807, 2.05) is 67.1 Å². The molecular formula is C30H27ClN6O2. The summed E-state index contributed by atoms with van der Waals surface area (Å²) in [6.45, 7) is 7.45. The summed E-state index contributed by atoms with van der Waals surface area (Å²) >= 11 is 6.03. The van der Waals surface area contributed by atoms with Crippen LogP contribution in [0.5, 0.6) is 0 Å². The zero-order valence-corrected chi connectivity index (χ0v) is 22.8. The molecule has 0 aliphatic rings. The summed E-state index contributed by atoms with van der Waals surface area (Å²) in [5, 5.41) is 8.94. The number of carbonyl (C=O) groups excluding carboxylic acids is 2. The molecule has 0 spiro atoms. The Kier molecular flexibility index (Phi) is 6.66. The Labute approximate surface area is 231 Å². The molecule has 0 saturated heterocycles. The lowest BCUT2D eigenvalue weighted by Crippen LogP contribution is -2.35. The van der Waals surface area contributed by atoms with Gasteiger partial charge in [-0.05, 0) is 80.8 Å². The van der Waals surface area contributed by atoms with Gasteiger partial charge >= 0.3 is 0 Å². The van der Waals surface area contributed by atoms with Gasteiger partial charge in [0.15, 0.2) is 0 Å². The number of aryl methyl sites for hydroxylation is 2. The fourth-order valence-electron chi connectivity index (χ4n) is 4.49. The number of imidazole rings is 1. The van der Waals surface area contributed by atoms with Crippen LogP contribution in [-0.4, -0.2) is 36.2 Å². The molecule has 0 atom stereocenters. The molecule has 5 rings (SSSR count). The highest BCUT2D eigenvalue weighted by Gasteiger charge is 2.27. The molecule has 0 saturated carbocycles. The minimum absolute atomic E-state index is 0.239. The lowest BCUT2D eigenvalue weighted by atomic mass is 9.82. The largest absolute Gasteiger partial charge is 0.369 e. The summed E-state index contributed by atoms with van der Waals surface area (Å²) in [6, 6.07) is 20.3. The van der Waals surface area contributed by atoms with E-state index in [4.69, 9.17) is 17.3 Å². The first-order valence-corrected chi connectivity index (χ1v) is 12.7. The molecule has 0 aliphatic carbocycles. The summed E-state index contributed by atoms with van der Waals surface area (Å²) in [6.07, 6.45) is 3.39. The Morgan fingerprint density at radius 1 is 0.923 bits per heavy atom. The van der Waals surface area contributed by atoms with E-state index in [1.54, 1.807) is 42.8 Å². The molecule has 8 nitrogen and oxygen atoms in total. The number of halogens is 1. The monoisotopic (exact) mass is 538 g/mol. The number of aromatic nitrogens is 5. The van der Waals surface area contributed by atoms with E-state index in [2.05, 4.69) is 15.3 Å². The SMILES string of the molecule is Cc1cn(-c2ccc(-c3cccc(C(C)(C)C(N)=O)c3)cc2-n2nncc2C(=O)c2ccc(Cl)cc2)c(C)n1. The molecule has 5 aromatic rings. The average Bonchev–Trinajstić information content (AvgIpc) is 3.54. The molecular weight excluding hydrogens is 512 g/mol. The van der Waals surface area contributed by atoms with Gasteiger partial charge in [0.1, 0.15) is 11.5 Å². The fourth-order valence-corrected chi connectivity index (χ4v) is 4.61. The standard InChI is InChI=1S/C30H27ClN6O2/c1-18-17-36(19(2)34-18)25-13-10-22(21-6-5-7-23(14-21)30(3,4)29(32)39)15-26(25)37-27(16-33-35-37)28(38)20-8-11-24(31)12-9-20/h5-17H,1-4H3,(H2,32,39). The molecule has 9 heteroatoms. The van der Waals surface area contributed by atoms with Gasteiger partial charge in [0.25, 0.3) is 0 Å². The van der Waals surface area contributed by atoms with Crippen LogP contribution in [0.2, 0.25) is 5.02 Å². The number of nitrogens with zero attached hydrogens (tertiary/aromatic N) is 5. The summed E-state index contributed by atoms with van der Waals surface area (Å²) in [7, 11) is 0. The number of carbonyl (C=O) groups is 2. The molecule has 196 valence electrons. The van der Waals surface area contributed by atoms with Gasteiger partial charge in [0.2, 0.25) is 11.7 Å². The smallest absolute Gasteiger partial charge is 0.227 e. The van der Waals surface area contributed by atoms with Crippen molar-refractivity contribution in [1.82, 2.24) is 24.5 Å². The lowest BCUT2D eigenvalue weighted by molar-refractivity contribution is -0.122. The number of benzene rings is 3. The molecule has 2 aromatic heterocycles. The second kappa shape index (κ2) is 9.96. The highest BCUT2D eigenvalue weighted by molar-refractivity contribution is 6.30. The number of ketones is 1. The number of hydrogen-bond acceptors (Lipinski definition) is 5. The van der Waals surface area contributed by atoms with E-state index < -0.39 is 11.3 Å². The molecule has 2 heterocycles. The molecule has 0 unspecified atom stereocenters. The van der Waals surface area contributed by atoms with Crippen LogP contribution in [-0.2, 0) is 10.2 Å². The zero-order chi connectivity index (χ0) is 27.9. The molecule has 2 N–H and O–H groups in total. The van der Waals surface area contributed by atoms with Crippen molar-refractivity contribution >= 4 is 23.3 Å². The molecule has 1 amide bonds. The predicted molar refractivity (Wildman–Crippen MR) is 150 cm³/mol. The summed E-state index contributed by atoms with van der Waals surface area (Å²) in [4.78, 5) is 30.2. The molecule has 39 heavy (non-hydrogen) atoms. The maximum absolute atomic E-state index is 13.5. The van der Waals surface area contributed by atoms with Crippen LogP contribution in [0.3, 0.4) is 0 Å². The van der Waals surface area contributed by atoms with E-state index in [1.165, 1.54) is 6.20 Å². The second-order valence-electron chi connectivity index (χ2n) is 9.94. The minimum atomic E-state index is -0.839. The molecule has 0 aliphatic heterocycles. The van der Waals surface area contributed by atoms with Crippen molar-refractivity contribution in [2.75, 3.05) is 0 Å². The van der Waals surface area contributed by atoms with Crippen molar-refractivity contribution in [1.29, 1.82) is 0 Å². The maximum Gasteiger partial charge on any atom is 0.227 e. The van der Waals surface area contributed by atoms with Crippen LogP contribution in [0.4, 0.5) is 0 Å². The number of rotatable bonds is 7. The topological polar surface area (TPSA) is 109 Å². The number of amides is 1. The van der Waals surface area contributed by atoms with Gasteiger partial charge in [-0.1, -0.05) is 47.1 Å². The van der Waals surface area contributed by atoms with Gasteiger partial charge in [-0.15, -0.1) is 5.10 Å². The van der Waals surface area contributed by atoms with E-state index >= 15 is 0 Å². The third kappa shape index (κ3) is 4.86. The Balaban J connectivity index is 1.69. The van der Waals surface area contributed by atoms with Crippen molar-refractivity contribution in [3.8, 4) is 22.5 Å². The Morgan fingerprint density at radius 2 is 1.64 bits per heavy atom. The Hall–Kier alpha value is -4.56. The first-order chi connectivity index (χ1) is 18.6. The van der Waals surface area contributed by atoms with Crippen LogP contribution in [0.15, 0.2) is 79.1 Å². The molecule has 0 fully saturated rings. The summed E-state index contributed by atoms with van der Waals surface area (Å²) in [5.74, 6) is 0.142. The van der Waals surface area contributed by atoms with Crippen molar-refractivity contribution < 1.29 is 9.59 Å². The van der Waals surface area contributed by atoms with Gasteiger partial charge in [0.05, 0.1) is 28.7 Å². The third-order valence-electron chi connectivity index (χ3n) is 6.89. The van der Waals surface area contributed by atoms with E-state index in [0.717, 1.165) is 33.9 Å². The minimum Gasteiger partial charge on any atom is -0.369 e. The maximum atomic E-state index is 13.5. The van der Waals surface area contributed by atoms with Gasteiger partial charge in [0, 0.05) is 16.8 Å².